The smallest absolute Gasteiger partial charge is 0.225 e. The molecule has 1 fully saturated rings. The molecule has 1 aromatic carbocycles. The molecule has 1 saturated heterocycles. The molecule has 144 valence electrons. The fourth-order valence-electron chi connectivity index (χ4n) is 3.55. The predicted octanol–water partition coefficient (Wildman–Crippen LogP) is 1.64. The lowest BCUT2D eigenvalue weighted by Crippen LogP contribution is -2.42. The van der Waals surface area contributed by atoms with Crippen LogP contribution in [-0.2, 0) is 22.6 Å². The molecule has 2 aliphatic rings. The fraction of sp³-hybridized carbons (Fsp3) is 0.579. The number of nitrogens with zero attached hydrogens (tertiary/aromatic N) is 1. The summed E-state index contributed by atoms with van der Waals surface area (Å²) in [5, 5.41) is 3.02. The minimum Gasteiger partial charge on any atom is -0.493 e. The lowest BCUT2D eigenvalue weighted by Gasteiger charge is -2.23. The molecule has 7 heteroatoms. The van der Waals surface area contributed by atoms with Crippen LogP contribution in [0.1, 0.15) is 37.3 Å². The predicted molar refractivity (Wildman–Crippen MR) is 102 cm³/mol. The Labute approximate surface area is 160 Å². The molecular weight excluding hydrogens is 354 g/mol. The number of nitrogens with two attached hydrogens (primary N) is 1. The zero-order valence-electron chi connectivity index (χ0n) is 15.2. The van der Waals surface area contributed by atoms with Crippen LogP contribution in [0.5, 0.6) is 5.75 Å². The van der Waals surface area contributed by atoms with Gasteiger partial charge in [0.2, 0.25) is 11.8 Å². The van der Waals surface area contributed by atoms with Gasteiger partial charge in [-0.25, -0.2) is 0 Å². The van der Waals surface area contributed by atoms with Crippen molar-refractivity contribution in [2.75, 3.05) is 19.7 Å². The maximum absolute atomic E-state index is 12.6. The molecule has 0 aromatic heterocycles. The second-order valence-electron chi connectivity index (χ2n) is 7.07. The normalized spacial score (nSPS) is 22.3. The number of rotatable bonds is 3. The molecule has 2 aliphatic heterocycles. The number of fused-ring (bicyclic) bond motifs is 1. The second-order valence-corrected chi connectivity index (χ2v) is 7.07. The first-order valence-corrected chi connectivity index (χ1v) is 9.06. The van der Waals surface area contributed by atoms with E-state index in [0.29, 0.717) is 19.6 Å². The molecular formula is C19H28ClN3O3. The number of nitrogens with one attached hydrogen (secondary N) is 1. The van der Waals surface area contributed by atoms with E-state index in [-0.39, 0.29) is 36.2 Å². The summed E-state index contributed by atoms with van der Waals surface area (Å²) in [5.74, 6) is 0.730. The maximum Gasteiger partial charge on any atom is 0.225 e. The first kappa shape index (κ1) is 20.5. The van der Waals surface area contributed by atoms with Crippen LogP contribution >= 0.6 is 12.4 Å². The van der Waals surface area contributed by atoms with E-state index < -0.39 is 0 Å². The van der Waals surface area contributed by atoms with E-state index in [0.717, 1.165) is 43.6 Å². The summed E-state index contributed by atoms with van der Waals surface area (Å²) in [4.78, 5) is 26.0. The summed E-state index contributed by atoms with van der Waals surface area (Å²) in [6.07, 6.45) is 3.53. The number of hydrogen-bond donors (Lipinski definition) is 2. The van der Waals surface area contributed by atoms with Crippen molar-refractivity contribution in [2.45, 2.75) is 45.2 Å². The Kier molecular flexibility index (Phi) is 7.29. The monoisotopic (exact) mass is 381 g/mol. The molecule has 2 atom stereocenters. The Morgan fingerprint density at radius 2 is 2.12 bits per heavy atom. The molecule has 6 nitrogen and oxygen atoms in total. The highest BCUT2D eigenvalue weighted by Gasteiger charge is 2.28. The van der Waals surface area contributed by atoms with Gasteiger partial charge in [0.1, 0.15) is 5.75 Å². The summed E-state index contributed by atoms with van der Waals surface area (Å²) in [6, 6.07) is 6.04. The first-order chi connectivity index (χ1) is 12.0. The van der Waals surface area contributed by atoms with Crippen LogP contribution in [0.3, 0.4) is 0 Å². The van der Waals surface area contributed by atoms with Crippen LogP contribution in [0, 0.1) is 5.92 Å². The van der Waals surface area contributed by atoms with Crippen LogP contribution < -0.4 is 15.8 Å². The van der Waals surface area contributed by atoms with Crippen LogP contribution in [0.2, 0.25) is 0 Å². The molecule has 2 amide bonds. The maximum atomic E-state index is 12.6. The van der Waals surface area contributed by atoms with Crippen LogP contribution in [-0.4, -0.2) is 42.5 Å². The van der Waals surface area contributed by atoms with E-state index in [1.807, 2.05) is 12.1 Å². The summed E-state index contributed by atoms with van der Waals surface area (Å²) >= 11 is 0. The number of benzene rings is 1. The lowest BCUT2D eigenvalue weighted by atomic mass is 10.0. The lowest BCUT2D eigenvalue weighted by molar-refractivity contribution is -0.131. The third kappa shape index (κ3) is 5.11. The molecule has 0 bridgehead atoms. The third-order valence-corrected chi connectivity index (χ3v) is 5.04. The molecule has 0 aliphatic carbocycles. The summed E-state index contributed by atoms with van der Waals surface area (Å²) in [6.45, 7) is 3.79. The number of likely N-dealkylation sites (tertiary alicyclic amines) is 1. The van der Waals surface area contributed by atoms with Gasteiger partial charge in [0, 0.05) is 32.6 Å². The molecule has 2 heterocycles. The van der Waals surface area contributed by atoms with Crippen LogP contribution in [0.25, 0.3) is 0 Å². The van der Waals surface area contributed by atoms with Gasteiger partial charge < -0.3 is 20.7 Å². The van der Waals surface area contributed by atoms with Gasteiger partial charge in [-0.1, -0.05) is 12.1 Å². The van der Waals surface area contributed by atoms with E-state index in [2.05, 4.69) is 11.4 Å². The Morgan fingerprint density at radius 3 is 2.88 bits per heavy atom. The van der Waals surface area contributed by atoms with Crippen molar-refractivity contribution in [3.63, 3.8) is 0 Å². The van der Waals surface area contributed by atoms with Gasteiger partial charge in [-0.3, -0.25) is 9.59 Å². The molecule has 3 N–H and O–H groups in total. The highest BCUT2D eigenvalue weighted by atomic mass is 35.5. The minimum absolute atomic E-state index is 0. The van der Waals surface area contributed by atoms with Crippen molar-refractivity contribution in [3.05, 3.63) is 29.3 Å². The van der Waals surface area contributed by atoms with Crippen molar-refractivity contribution in [1.29, 1.82) is 0 Å². The number of ether oxygens (including phenoxy) is 1. The second kappa shape index (κ2) is 9.24. The number of halogens is 1. The first-order valence-electron chi connectivity index (χ1n) is 9.06. The number of carbonyl (C=O) groups is 2. The van der Waals surface area contributed by atoms with Gasteiger partial charge in [0.15, 0.2) is 0 Å². The number of aryl methyl sites for hydroxylation is 1. The van der Waals surface area contributed by atoms with E-state index >= 15 is 0 Å². The van der Waals surface area contributed by atoms with E-state index in [1.165, 1.54) is 12.5 Å². The fourth-order valence-corrected chi connectivity index (χ4v) is 3.55. The highest BCUT2D eigenvalue weighted by molar-refractivity contribution is 5.85. The van der Waals surface area contributed by atoms with Gasteiger partial charge in [-0.2, -0.15) is 0 Å². The van der Waals surface area contributed by atoms with E-state index in [9.17, 15) is 9.59 Å². The SMILES string of the molecule is CC(=O)N1C[C@@H](N)CC[C@@H](C(=O)NCc2ccc3c(c2)CCCO3)C1.Cl. The van der Waals surface area contributed by atoms with Crippen molar-refractivity contribution < 1.29 is 14.3 Å². The number of hydrogen-bond acceptors (Lipinski definition) is 4. The van der Waals surface area contributed by atoms with E-state index in [4.69, 9.17) is 10.5 Å². The zero-order valence-corrected chi connectivity index (χ0v) is 16.0. The number of amides is 2. The Balaban J connectivity index is 0.00000243. The standard InChI is InChI=1S/C19H27N3O3.ClH/c1-13(23)22-11-16(5-6-17(20)12-22)19(24)21-10-14-4-7-18-15(9-14)3-2-8-25-18;/h4,7,9,16-17H,2-3,5-6,8,10-12,20H2,1H3,(H,21,24);1H/t16-,17+;/m1./s1. The Bertz CT molecular complexity index is 653. The summed E-state index contributed by atoms with van der Waals surface area (Å²) in [5.41, 5.74) is 8.30. The van der Waals surface area contributed by atoms with Gasteiger partial charge in [0.05, 0.1) is 12.5 Å². The minimum atomic E-state index is -0.196. The van der Waals surface area contributed by atoms with Gasteiger partial charge in [0.25, 0.3) is 0 Å². The molecule has 26 heavy (non-hydrogen) atoms. The topological polar surface area (TPSA) is 84.7 Å². The largest absolute Gasteiger partial charge is 0.493 e. The molecule has 3 rings (SSSR count). The van der Waals surface area contributed by atoms with Crippen molar-refractivity contribution in [2.24, 2.45) is 11.7 Å². The Morgan fingerprint density at radius 1 is 1.31 bits per heavy atom. The average Bonchev–Trinajstić information content (AvgIpc) is 2.81. The average molecular weight is 382 g/mol. The van der Waals surface area contributed by atoms with E-state index in [1.54, 1.807) is 4.90 Å². The quantitative estimate of drug-likeness (QED) is 0.833. The molecule has 0 unspecified atom stereocenters. The van der Waals surface area contributed by atoms with Crippen molar-refractivity contribution in [1.82, 2.24) is 10.2 Å². The third-order valence-electron chi connectivity index (χ3n) is 5.04. The van der Waals surface area contributed by atoms with Gasteiger partial charge in [-0.15, -0.1) is 12.4 Å². The molecule has 1 aromatic rings. The van der Waals surface area contributed by atoms with Crippen molar-refractivity contribution in [3.8, 4) is 5.75 Å². The van der Waals surface area contributed by atoms with Gasteiger partial charge >= 0.3 is 0 Å². The Hall–Kier alpha value is -1.79. The summed E-state index contributed by atoms with van der Waals surface area (Å²) < 4.78 is 5.62. The molecule has 0 radical (unpaired) electrons. The van der Waals surface area contributed by atoms with Crippen LogP contribution in [0.4, 0.5) is 0 Å². The highest BCUT2D eigenvalue weighted by Crippen LogP contribution is 2.25. The van der Waals surface area contributed by atoms with Crippen LogP contribution in [0.15, 0.2) is 18.2 Å². The molecule has 0 spiro atoms. The number of carbonyl (C=O) groups excluding carboxylic acids is 2. The van der Waals surface area contributed by atoms with Crippen molar-refractivity contribution >= 4 is 24.2 Å². The summed E-state index contributed by atoms with van der Waals surface area (Å²) in [7, 11) is 0. The van der Waals surface area contributed by atoms with Gasteiger partial charge in [-0.05, 0) is 42.9 Å². The zero-order chi connectivity index (χ0) is 17.8. The molecule has 0 saturated carbocycles.